The molecule has 5 heteroatoms. The maximum Gasteiger partial charge on any atom is 0.339 e. The van der Waals surface area contributed by atoms with Crippen molar-refractivity contribution in [3.05, 3.63) is 33.8 Å². The minimum absolute atomic E-state index is 0.0444. The number of ether oxygens (including phenoxy) is 1. The summed E-state index contributed by atoms with van der Waals surface area (Å²) >= 11 is 6.12. The van der Waals surface area contributed by atoms with Crippen LogP contribution >= 0.6 is 11.6 Å². The third kappa shape index (κ3) is 3.97. The average Bonchev–Trinajstić information content (AvgIpc) is 2.29. The van der Waals surface area contributed by atoms with Crippen LogP contribution in [0.25, 0.3) is 0 Å². The van der Waals surface area contributed by atoms with E-state index in [9.17, 15) is 14.7 Å². The van der Waals surface area contributed by atoms with Gasteiger partial charge in [0.15, 0.2) is 0 Å². The highest BCUT2D eigenvalue weighted by Gasteiger charge is 2.26. The summed E-state index contributed by atoms with van der Waals surface area (Å²) in [6.45, 7) is 7.80. The van der Waals surface area contributed by atoms with Gasteiger partial charge in [-0.15, -0.1) is 0 Å². The first kappa shape index (κ1) is 16.5. The zero-order chi connectivity index (χ0) is 15.5. The summed E-state index contributed by atoms with van der Waals surface area (Å²) in [7, 11) is 0. The Bertz CT molecular complexity index is 529. The van der Waals surface area contributed by atoms with Crippen LogP contribution in [0.3, 0.4) is 0 Å². The molecule has 0 aliphatic carbocycles. The molecule has 0 saturated carbocycles. The summed E-state index contributed by atoms with van der Waals surface area (Å²) in [4.78, 5) is 23.4. The molecule has 0 radical (unpaired) electrons. The highest BCUT2D eigenvalue weighted by molar-refractivity contribution is 6.32. The van der Waals surface area contributed by atoms with Crippen molar-refractivity contribution in [1.82, 2.24) is 0 Å². The van der Waals surface area contributed by atoms with Gasteiger partial charge in [-0.3, -0.25) is 0 Å². The van der Waals surface area contributed by atoms with Crippen molar-refractivity contribution in [2.45, 2.75) is 34.1 Å². The van der Waals surface area contributed by atoms with E-state index in [1.807, 2.05) is 20.8 Å². The van der Waals surface area contributed by atoms with Gasteiger partial charge in [-0.2, -0.15) is 0 Å². The number of esters is 1. The van der Waals surface area contributed by atoms with E-state index >= 15 is 0 Å². The molecule has 0 fully saturated rings. The molecule has 0 heterocycles. The molecule has 0 aliphatic heterocycles. The molecule has 0 bridgehead atoms. The van der Waals surface area contributed by atoms with E-state index in [4.69, 9.17) is 16.3 Å². The van der Waals surface area contributed by atoms with Crippen LogP contribution in [-0.4, -0.2) is 23.7 Å². The molecule has 1 rings (SSSR count). The fourth-order valence-corrected chi connectivity index (χ4v) is 2.17. The standard InChI is InChI=1S/C15H19ClO4/c1-5-20-14(19)9-6-7-11(16)10(8-15(2,3)4)12(9)13(17)18/h6-7H,5,8H2,1-4H3,(H,17,18). The van der Waals surface area contributed by atoms with E-state index in [-0.39, 0.29) is 23.1 Å². The molecule has 1 aromatic carbocycles. The number of carboxylic acid groups (broad SMARTS) is 1. The van der Waals surface area contributed by atoms with Gasteiger partial charge in [0.1, 0.15) is 0 Å². The third-order valence-electron chi connectivity index (χ3n) is 2.67. The van der Waals surface area contributed by atoms with Gasteiger partial charge < -0.3 is 9.84 Å². The first-order valence-electron chi connectivity index (χ1n) is 6.39. The van der Waals surface area contributed by atoms with Crippen LogP contribution in [0, 0.1) is 5.41 Å². The Morgan fingerprint density at radius 1 is 1.30 bits per heavy atom. The summed E-state index contributed by atoms with van der Waals surface area (Å²) < 4.78 is 4.90. The lowest BCUT2D eigenvalue weighted by atomic mass is 9.85. The summed E-state index contributed by atoms with van der Waals surface area (Å²) in [6.07, 6.45) is 0.459. The summed E-state index contributed by atoms with van der Waals surface area (Å²) in [5.74, 6) is -1.81. The van der Waals surface area contributed by atoms with Crippen molar-refractivity contribution in [2.75, 3.05) is 6.61 Å². The van der Waals surface area contributed by atoms with Gasteiger partial charge in [0.25, 0.3) is 0 Å². The van der Waals surface area contributed by atoms with Crippen LogP contribution in [0.5, 0.6) is 0 Å². The van der Waals surface area contributed by atoms with Crippen LogP contribution in [0.15, 0.2) is 12.1 Å². The normalized spacial score (nSPS) is 11.2. The molecule has 1 aromatic rings. The number of benzene rings is 1. The van der Waals surface area contributed by atoms with Crippen molar-refractivity contribution >= 4 is 23.5 Å². The highest BCUT2D eigenvalue weighted by atomic mass is 35.5. The summed E-state index contributed by atoms with van der Waals surface area (Å²) in [6, 6.07) is 2.94. The maximum absolute atomic E-state index is 11.9. The van der Waals surface area contributed by atoms with E-state index in [1.54, 1.807) is 13.0 Å². The Hall–Kier alpha value is -1.55. The van der Waals surface area contributed by atoms with E-state index in [0.29, 0.717) is 17.0 Å². The van der Waals surface area contributed by atoms with Gasteiger partial charge in [-0.05, 0) is 36.5 Å². The van der Waals surface area contributed by atoms with Crippen molar-refractivity contribution < 1.29 is 19.4 Å². The quantitative estimate of drug-likeness (QED) is 0.859. The number of rotatable bonds is 4. The zero-order valence-electron chi connectivity index (χ0n) is 12.1. The molecule has 0 amide bonds. The van der Waals surface area contributed by atoms with Gasteiger partial charge >= 0.3 is 11.9 Å². The molecule has 1 N–H and O–H groups in total. The topological polar surface area (TPSA) is 63.6 Å². The SMILES string of the molecule is CCOC(=O)c1ccc(Cl)c(CC(C)(C)C)c1C(=O)O. The zero-order valence-corrected chi connectivity index (χ0v) is 12.9. The Kier molecular flexibility index (Phi) is 5.17. The first-order valence-corrected chi connectivity index (χ1v) is 6.77. The second-order valence-corrected chi connectivity index (χ2v) is 6.12. The number of halogens is 1. The van der Waals surface area contributed by atoms with Crippen LogP contribution in [-0.2, 0) is 11.2 Å². The van der Waals surface area contributed by atoms with Crippen molar-refractivity contribution in [3.63, 3.8) is 0 Å². The maximum atomic E-state index is 11.9. The van der Waals surface area contributed by atoms with Gasteiger partial charge in [-0.1, -0.05) is 32.4 Å². The Balaban J connectivity index is 3.45. The van der Waals surface area contributed by atoms with Crippen LogP contribution in [0.4, 0.5) is 0 Å². The number of aromatic carboxylic acids is 1. The number of hydrogen-bond donors (Lipinski definition) is 1. The molecule has 110 valence electrons. The minimum Gasteiger partial charge on any atom is -0.478 e. The predicted molar refractivity (Wildman–Crippen MR) is 77.5 cm³/mol. The van der Waals surface area contributed by atoms with Gasteiger partial charge in [0.2, 0.25) is 0 Å². The smallest absolute Gasteiger partial charge is 0.339 e. The Morgan fingerprint density at radius 2 is 1.90 bits per heavy atom. The molecule has 4 nitrogen and oxygen atoms in total. The lowest BCUT2D eigenvalue weighted by Gasteiger charge is -2.21. The van der Waals surface area contributed by atoms with Crippen LogP contribution in [0.2, 0.25) is 5.02 Å². The van der Waals surface area contributed by atoms with Crippen LogP contribution < -0.4 is 0 Å². The predicted octanol–water partition coefficient (Wildman–Crippen LogP) is 3.80. The van der Waals surface area contributed by atoms with E-state index in [1.165, 1.54) is 6.07 Å². The molecule has 0 aromatic heterocycles. The van der Waals surface area contributed by atoms with Gasteiger partial charge in [0.05, 0.1) is 17.7 Å². The van der Waals surface area contributed by atoms with Gasteiger partial charge in [-0.25, -0.2) is 9.59 Å². The minimum atomic E-state index is -1.17. The van der Waals surface area contributed by atoms with E-state index in [2.05, 4.69) is 0 Å². The van der Waals surface area contributed by atoms with E-state index < -0.39 is 11.9 Å². The Labute approximate surface area is 123 Å². The first-order chi connectivity index (χ1) is 9.17. The van der Waals surface area contributed by atoms with Crippen molar-refractivity contribution in [3.8, 4) is 0 Å². The summed E-state index contributed by atoms with van der Waals surface area (Å²) in [5, 5.41) is 9.77. The second-order valence-electron chi connectivity index (χ2n) is 5.71. The Morgan fingerprint density at radius 3 is 2.35 bits per heavy atom. The van der Waals surface area contributed by atoms with E-state index in [0.717, 1.165) is 0 Å². The van der Waals surface area contributed by atoms with Crippen molar-refractivity contribution in [2.24, 2.45) is 5.41 Å². The second kappa shape index (κ2) is 6.27. The molecule has 0 saturated heterocycles. The number of hydrogen-bond acceptors (Lipinski definition) is 3. The third-order valence-corrected chi connectivity index (χ3v) is 3.03. The number of carbonyl (C=O) groups is 2. The highest BCUT2D eigenvalue weighted by Crippen LogP contribution is 2.31. The largest absolute Gasteiger partial charge is 0.478 e. The lowest BCUT2D eigenvalue weighted by molar-refractivity contribution is 0.0514. The molecule has 20 heavy (non-hydrogen) atoms. The molecule has 0 spiro atoms. The van der Waals surface area contributed by atoms with Crippen LogP contribution in [0.1, 0.15) is 54.0 Å². The average molecular weight is 299 g/mol. The summed E-state index contributed by atoms with van der Waals surface area (Å²) in [5.41, 5.74) is 0.298. The molecule has 0 unspecified atom stereocenters. The monoisotopic (exact) mass is 298 g/mol. The lowest BCUT2D eigenvalue weighted by Crippen LogP contribution is -2.18. The molecular formula is C15H19ClO4. The van der Waals surface area contributed by atoms with Gasteiger partial charge in [0, 0.05) is 5.02 Å². The fourth-order valence-electron chi connectivity index (χ4n) is 1.95. The molecule has 0 atom stereocenters. The molecular weight excluding hydrogens is 280 g/mol. The number of carboxylic acids is 1. The number of carbonyl (C=O) groups excluding carboxylic acids is 1. The molecule has 0 aliphatic rings. The van der Waals surface area contributed by atoms with Crippen molar-refractivity contribution in [1.29, 1.82) is 0 Å². The fraction of sp³-hybridized carbons (Fsp3) is 0.467.